The van der Waals surface area contributed by atoms with Gasteiger partial charge < -0.3 is 39.4 Å². The molecule has 9 nitrogen and oxygen atoms in total. The fraction of sp³-hybridized carbons (Fsp3) is 0.698. The van der Waals surface area contributed by atoms with Crippen molar-refractivity contribution in [1.82, 2.24) is 0 Å². The molecule has 1 aliphatic rings. The first-order chi connectivity index (χ1) is 25.4. The summed E-state index contributed by atoms with van der Waals surface area (Å²) in [7, 11) is 0. The van der Waals surface area contributed by atoms with Gasteiger partial charge in [0, 0.05) is 13.0 Å². The number of unbranched alkanes of at least 4 members (excludes halogenated alkanes) is 9. The Labute approximate surface area is 315 Å². The molecule has 6 atom stereocenters. The smallest absolute Gasteiger partial charge is 0.306 e. The topological polar surface area (TPSA) is 135 Å². The van der Waals surface area contributed by atoms with E-state index < -0.39 is 49.4 Å². The lowest BCUT2D eigenvalue weighted by molar-refractivity contribution is -0.305. The summed E-state index contributed by atoms with van der Waals surface area (Å²) in [5, 5.41) is 40.0. The summed E-state index contributed by atoms with van der Waals surface area (Å²) >= 11 is 0. The van der Waals surface area contributed by atoms with E-state index in [9.17, 15) is 25.2 Å². The van der Waals surface area contributed by atoms with Crippen LogP contribution in [0.15, 0.2) is 72.9 Å². The maximum Gasteiger partial charge on any atom is 0.306 e. The second-order valence-electron chi connectivity index (χ2n) is 13.3. The molecule has 1 rings (SSSR count). The summed E-state index contributed by atoms with van der Waals surface area (Å²) in [5.74, 6) is -0.401. The van der Waals surface area contributed by atoms with Crippen molar-refractivity contribution in [2.45, 2.75) is 166 Å². The van der Waals surface area contributed by atoms with E-state index in [1.54, 1.807) is 0 Å². The molecule has 0 saturated carbocycles. The molecule has 1 heterocycles. The molecule has 1 aliphatic heterocycles. The van der Waals surface area contributed by atoms with Crippen molar-refractivity contribution in [2.24, 2.45) is 0 Å². The summed E-state index contributed by atoms with van der Waals surface area (Å²) in [6.45, 7) is 4.27. The van der Waals surface area contributed by atoms with Crippen LogP contribution in [-0.4, -0.2) is 89.6 Å². The Morgan fingerprint density at radius 2 is 1.17 bits per heavy atom. The highest BCUT2D eigenvalue weighted by atomic mass is 16.7. The number of allylic oxidation sites excluding steroid dienone is 12. The van der Waals surface area contributed by atoms with Gasteiger partial charge in [0.05, 0.1) is 19.8 Å². The number of aliphatic hydroxyl groups is 4. The lowest BCUT2D eigenvalue weighted by Gasteiger charge is -2.39. The fourth-order valence-electron chi connectivity index (χ4n) is 5.47. The Morgan fingerprint density at radius 3 is 1.77 bits per heavy atom. The summed E-state index contributed by atoms with van der Waals surface area (Å²) in [5.41, 5.74) is 0. The SMILES string of the molecule is CC/C=C\C/C=C\C/C=C\C/C=C\CCC(=O)OC(COCCCCCCCC/C=C\C/C=C\CCCCC)COC1OC(CO)C(O)C(O)C1O. The highest BCUT2D eigenvalue weighted by Gasteiger charge is 2.44. The zero-order valence-corrected chi connectivity index (χ0v) is 32.3. The number of esters is 1. The number of hydrogen-bond acceptors (Lipinski definition) is 9. The van der Waals surface area contributed by atoms with E-state index in [1.807, 2.05) is 12.2 Å². The van der Waals surface area contributed by atoms with E-state index in [1.165, 1.54) is 44.9 Å². The molecule has 0 bridgehead atoms. The van der Waals surface area contributed by atoms with Crippen LogP contribution in [0.4, 0.5) is 0 Å². The largest absolute Gasteiger partial charge is 0.457 e. The first kappa shape index (κ1) is 47.7. The molecule has 0 aromatic heterocycles. The van der Waals surface area contributed by atoms with E-state index in [0.717, 1.165) is 57.8 Å². The molecule has 0 radical (unpaired) electrons. The molecule has 4 N–H and O–H groups in total. The Balaban J connectivity index is 2.37. The van der Waals surface area contributed by atoms with Gasteiger partial charge >= 0.3 is 5.97 Å². The summed E-state index contributed by atoms with van der Waals surface area (Å²) in [6, 6.07) is 0. The fourth-order valence-corrected chi connectivity index (χ4v) is 5.47. The molecule has 6 unspecified atom stereocenters. The third kappa shape index (κ3) is 25.6. The second-order valence-corrected chi connectivity index (χ2v) is 13.3. The van der Waals surface area contributed by atoms with Crippen molar-refractivity contribution < 1.29 is 44.2 Å². The van der Waals surface area contributed by atoms with Crippen LogP contribution in [0.3, 0.4) is 0 Å². The van der Waals surface area contributed by atoms with Crippen molar-refractivity contribution in [2.75, 3.05) is 26.4 Å². The van der Waals surface area contributed by atoms with E-state index in [4.69, 9.17) is 18.9 Å². The van der Waals surface area contributed by atoms with Gasteiger partial charge in [-0.05, 0) is 70.6 Å². The van der Waals surface area contributed by atoms with Crippen LogP contribution >= 0.6 is 0 Å². The third-order valence-electron chi connectivity index (χ3n) is 8.62. The molecule has 52 heavy (non-hydrogen) atoms. The van der Waals surface area contributed by atoms with E-state index in [0.29, 0.717) is 13.0 Å². The van der Waals surface area contributed by atoms with Crippen molar-refractivity contribution in [3.8, 4) is 0 Å². The number of carbonyl (C=O) groups is 1. The normalized spacial score (nSPS) is 22.0. The minimum absolute atomic E-state index is 0.105. The van der Waals surface area contributed by atoms with Gasteiger partial charge in [0.2, 0.25) is 0 Å². The van der Waals surface area contributed by atoms with Gasteiger partial charge in [0.25, 0.3) is 0 Å². The Kier molecular flexibility index (Phi) is 31.5. The maximum absolute atomic E-state index is 12.7. The molecule has 0 amide bonds. The van der Waals surface area contributed by atoms with Crippen LogP contribution in [-0.2, 0) is 23.7 Å². The Morgan fingerprint density at radius 1 is 0.635 bits per heavy atom. The standard InChI is InChI=1S/C43H72O9/c1-3-5-7-9-11-13-15-17-18-19-21-23-25-27-29-31-33-49-35-37(36-50-43-42(48)41(47)40(46)38(34-44)52-43)51-39(45)32-30-28-26-24-22-20-16-14-12-10-8-6-4-2/h6,8,11-14,17-18,20,22,26,28,37-38,40-44,46-48H,3-5,7,9-10,15-16,19,21,23-25,27,29-36H2,1-2H3/b8-6-,13-11-,14-12-,18-17-,22-20-,28-26-. The number of carbonyl (C=O) groups excluding carboxylic acids is 1. The molecule has 298 valence electrons. The molecular formula is C43H72O9. The zero-order valence-electron chi connectivity index (χ0n) is 32.3. The van der Waals surface area contributed by atoms with Crippen LogP contribution in [0.1, 0.15) is 129 Å². The molecular weight excluding hydrogens is 660 g/mol. The predicted octanol–water partition coefficient (Wildman–Crippen LogP) is 8.13. The van der Waals surface area contributed by atoms with Gasteiger partial charge in [-0.1, -0.05) is 125 Å². The van der Waals surface area contributed by atoms with Crippen LogP contribution in [0.5, 0.6) is 0 Å². The number of ether oxygens (including phenoxy) is 4. The minimum Gasteiger partial charge on any atom is -0.457 e. The molecule has 1 fully saturated rings. The van der Waals surface area contributed by atoms with Gasteiger partial charge in [-0.25, -0.2) is 0 Å². The van der Waals surface area contributed by atoms with Crippen LogP contribution in [0.25, 0.3) is 0 Å². The van der Waals surface area contributed by atoms with Gasteiger partial charge in [-0.15, -0.1) is 0 Å². The van der Waals surface area contributed by atoms with Gasteiger partial charge in [-0.2, -0.15) is 0 Å². The minimum atomic E-state index is -1.55. The Hall–Kier alpha value is -2.37. The van der Waals surface area contributed by atoms with Gasteiger partial charge in [-0.3, -0.25) is 4.79 Å². The van der Waals surface area contributed by atoms with Crippen molar-refractivity contribution in [3.05, 3.63) is 72.9 Å². The lowest BCUT2D eigenvalue weighted by Crippen LogP contribution is -2.59. The quantitative estimate of drug-likeness (QED) is 0.0307. The van der Waals surface area contributed by atoms with Crippen molar-refractivity contribution in [1.29, 1.82) is 0 Å². The third-order valence-corrected chi connectivity index (χ3v) is 8.62. The highest BCUT2D eigenvalue weighted by molar-refractivity contribution is 5.69. The van der Waals surface area contributed by atoms with Crippen LogP contribution in [0, 0.1) is 0 Å². The van der Waals surface area contributed by atoms with Crippen LogP contribution < -0.4 is 0 Å². The van der Waals surface area contributed by atoms with Gasteiger partial charge in [0.15, 0.2) is 6.29 Å². The van der Waals surface area contributed by atoms with E-state index >= 15 is 0 Å². The van der Waals surface area contributed by atoms with E-state index in [2.05, 4.69) is 74.6 Å². The Bertz CT molecular complexity index is 1020. The average molecular weight is 733 g/mol. The highest BCUT2D eigenvalue weighted by Crippen LogP contribution is 2.22. The number of aliphatic hydroxyl groups excluding tert-OH is 4. The van der Waals surface area contributed by atoms with Crippen molar-refractivity contribution >= 4 is 5.97 Å². The molecule has 0 aromatic carbocycles. The molecule has 0 aromatic rings. The zero-order chi connectivity index (χ0) is 37.9. The number of rotatable bonds is 32. The second kappa shape index (κ2) is 34.4. The monoisotopic (exact) mass is 733 g/mol. The summed E-state index contributed by atoms with van der Waals surface area (Å²) in [4.78, 5) is 12.7. The van der Waals surface area contributed by atoms with Gasteiger partial charge in [0.1, 0.15) is 30.5 Å². The lowest BCUT2D eigenvalue weighted by atomic mass is 9.99. The molecule has 1 saturated heterocycles. The molecule has 0 spiro atoms. The van der Waals surface area contributed by atoms with Crippen LogP contribution in [0.2, 0.25) is 0 Å². The average Bonchev–Trinajstić information content (AvgIpc) is 3.14. The van der Waals surface area contributed by atoms with Crippen molar-refractivity contribution in [3.63, 3.8) is 0 Å². The summed E-state index contributed by atoms with van der Waals surface area (Å²) in [6.07, 6.45) is 36.5. The predicted molar refractivity (Wildman–Crippen MR) is 210 cm³/mol. The molecule has 9 heteroatoms. The first-order valence-corrected chi connectivity index (χ1v) is 20.0. The number of hydrogen-bond donors (Lipinski definition) is 4. The maximum atomic E-state index is 12.7. The first-order valence-electron chi connectivity index (χ1n) is 20.0. The molecule has 0 aliphatic carbocycles. The van der Waals surface area contributed by atoms with E-state index in [-0.39, 0.29) is 19.6 Å². The summed E-state index contributed by atoms with van der Waals surface area (Å²) < 4.78 is 22.6.